The van der Waals surface area contributed by atoms with E-state index in [4.69, 9.17) is 18.9 Å². The smallest absolute Gasteiger partial charge is 0.323 e. The number of carbonyl (C=O) groups excluding carboxylic acids is 1. The Hall–Kier alpha value is -2.02. The van der Waals surface area contributed by atoms with Gasteiger partial charge in [0, 0.05) is 27.0 Å². The number of hydrogen-bond donors (Lipinski definition) is 1. The summed E-state index contributed by atoms with van der Waals surface area (Å²) in [6.45, 7) is 1.43. The fourth-order valence-corrected chi connectivity index (χ4v) is 2.70. The van der Waals surface area contributed by atoms with E-state index in [1.807, 2.05) is 0 Å². The van der Waals surface area contributed by atoms with Crippen molar-refractivity contribution in [1.29, 1.82) is 0 Å². The van der Waals surface area contributed by atoms with Gasteiger partial charge in [0.1, 0.15) is 5.60 Å². The molecule has 0 bridgehead atoms. The van der Waals surface area contributed by atoms with Gasteiger partial charge in [-0.2, -0.15) is 9.97 Å². The minimum atomic E-state index is -2.49. The minimum absolute atomic E-state index is 0.144. The third-order valence-corrected chi connectivity index (χ3v) is 4.11. The minimum Gasteiger partial charge on any atom is -0.772 e. The van der Waals surface area contributed by atoms with E-state index in [0.717, 1.165) is 0 Å². The quantitative estimate of drug-likeness (QED) is 0.395. The molecule has 1 aromatic heterocycles. The predicted molar refractivity (Wildman–Crippen MR) is 90.6 cm³/mol. The standard InChI is InChI=1S/C14H24N4O7S/c1-14(24-6,8-26(20)21)11(12(19)17-18(2)3)25-13-15-9(22-4)7-10(16-13)23-5/h7,11H,8H2,1-6H3,(H,17,19)(H,20,21)/p-1. The molecule has 1 heterocycles. The molecule has 0 fully saturated rings. The topological polar surface area (TPSA) is 135 Å². The molecule has 1 amide bonds. The van der Waals surface area contributed by atoms with Crippen molar-refractivity contribution >= 4 is 17.0 Å². The molecule has 11 nitrogen and oxygen atoms in total. The highest BCUT2D eigenvalue weighted by Gasteiger charge is 2.43. The number of nitrogens with zero attached hydrogens (tertiary/aromatic N) is 3. The largest absolute Gasteiger partial charge is 0.772 e. The first-order valence-electron chi connectivity index (χ1n) is 7.37. The van der Waals surface area contributed by atoms with Crippen LogP contribution in [0.5, 0.6) is 17.8 Å². The van der Waals surface area contributed by atoms with Gasteiger partial charge in [-0.15, -0.1) is 0 Å². The zero-order chi connectivity index (χ0) is 19.9. The van der Waals surface area contributed by atoms with Crippen LogP contribution in [0.4, 0.5) is 0 Å². The lowest BCUT2D eigenvalue weighted by Crippen LogP contribution is -2.58. The lowest BCUT2D eigenvalue weighted by molar-refractivity contribution is -0.146. The number of aromatic nitrogens is 2. The Kier molecular flexibility index (Phi) is 8.14. The summed E-state index contributed by atoms with van der Waals surface area (Å²) in [4.78, 5) is 20.6. The first-order chi connectivity index (χ1) is 12.1. The van der Waals surface area contributed by atoms with Crippen LogP contribution >= 0.6 is 0 Å². The van der Waals surface area contributed by atoms with Crippen LogP contribution in [-0.2, 0) is 20.6 Å². The van der Waals surface area contributed by atoms with Gasteiger partial charge in [0.25, 0.3) is 5.91 Å². The first-order valence-corrected chi connectivity index (χ1v) is 8.62. The summed E-state index contributed by atoms with van der Waals surface area (Å²) in [6, 6.07) is 1.18. The second-order valence-corrected chi connectivity index (χ2v) is 6.46. The highest BCUT2D eigenvalue weighted by molar-refractivity contribution is 7.79. The molecule has 0 aliphatic carbocycles. The van der Waals surface area contributed by atoms with Crippen molar-refractivity contribution in [3.05, 3.63) is 6.07 Å². The van der Waals surface area contributed by atoms with Crippen LogP contribution in [-0.4, -0.2) is 82.5 Å². The lowest BCUT2D eigenvalue weighted by atomic mass is 10.0. The maximum atomic E-state index is 12.6. The van der Waals surface area contributed by atoms with E-state index in [0.29, 0.717) is 0 Å². The molecule has 26 heavy (non-hydrogen) atoms. The van der Waals surface area contributed by atoms with Gasteiger partial charge < -0.3 is 23.5 Å². The lowest BCUT2D eigenvalue weighted by Gasteiger charge is -2.35. The maximum absolute atomic E-state index is 12.6. The fraction of sp³-hybridized carbons (Fsp3) is 0.643. The number of amides is 1. The van der Waals surface area contributed by atoms with Crippen LogP contribution in [0, 0.1) is 0 Å². The Morgan fingerprint density at radius 2 is 1.85 bits per heavy atom. The van der Waals surface area contributed by atoms with E-state index in [2.05, 4.69) is 15.4 Å². The zero-order valence-electron chi connectivity index (χ0n) is 15.5. The molecule has 1 aromatic rings. The van der Waals surface area contributed by atoms with Gasteiger partial charge in [0.05, 0.1) is 20.3 Å². The Morgan fingerprint density at radius 3 is 2.23 bits per heavy atom. The second kappa shape index (κ2) is 9.62. The molecule has 0 saturated carbocycles. The molecule has 1 N–H and O–H groups in total. The molecule has 3 unspecified atom stereocenters. The molecule has 0 spiro atoms. The normalized spacial score (nSPS) is 15.7. The molecule has 0 aliphatic rings. The van der Waals surface area contributed by atoms with Gasteiger partial charge in [0.2, 0.25) is 17.9 Å². The molecule has 0 aromatic carbocycles. The van der Waals surface area contributed by atoms with Crippen LogP contribution in [0.1, 0.15) is 6.92 Å². The molecule has 1 rings (SSSR count). The molecule has 0 radical (unpaired) electrons. The van der Waals surface area contributed by atoms with Gasteiger partial charge in [-0.05, 0) is 6.92 Å². The van der Waals surface area contributed by atoms with Crippen molar-refractivity contribution in [3.63, 3.8) is 0 Å². The Balaban J connectivity index is 3.28. The zero-order valence-corrected chi connectivity index (χ0v) is 16.3. The Morgan fingerprint density at radius 1 is 1.31 bits per heavy atom. The summed E-state index contributed by atoms with van der Waals surface area (Å²) in [5, 5.41) is 1.38. The predicted octanol–water partition coefficient (Wildman–Crippen LogP) is -0.882. The van der Waals surface area contributed by atoms with Crippen LogP contribution in [0.15, 0.2) is 6.07 Å². The van der Waals surface area contributed by atoms with Gasteiger partial charge in [-0.1, -0.05) is 11.1 Å². The Bertz CT molecular complexity index is 623. The summed E-state index contributed by atoms with van der Waals surface area (Å²) < 4.78 is 43.4. The van der Waals surface area contributed by atoms with Crippen molar-refractivity contribution in [1.82, 2.24) is 20.4 Å². The number of ether oxygens (including phenoxy) is 4. The van der Waals surface area contributed by atoms with Crippen molar-refractivity contribution in [2.45, 2.75) is 18.6 Å². The van der Waals surface area contributed by atoms with Crippen molar-refractivity contribution in [2.24, 2.45) is 0 Å². The SMILES string of the molecule is COc1cc(OC)nc(OC(C(=O)NN(C)C)C(C)(CS(=O)[O-])OC)n1. The summed E-state index contributed by atoms with van der Waals surface area (Å²) in [6.07, 6.45) is -1.38. The number of methoxy groups -OCH3 is 3. The average molecular weight is 391 g/mol. The van der Waals surface area contributed by atoms with Crippen LogP contribution < -0.4 is 19.6 Å². The molecular formula is C14H23N4O7S-. The van der Waals surface area contributed by atoms with E-state index in [1.165, 1.54) is 39.3 Å². The highest BCUT2D eigenvalue weighted by atomic mass is 32.2. The van der Waals surface area contributed by atoms with E-state index < -0.39 is 34.4 Å². The van der Waals surface area contributed by atoms with Gasteiger partial charge in [-0.3, -0.25) is 14.4 Å². The summed E-state index contributed by atoms with van der Waals surface area (Å²) in [5.41, 5.74) is 0.996. The summed E-state index contributed by atoms with van der Waals surface area (Å²) in [5.74, 6) is -0.846. The third-order valence-electron chi connectivity index (χ3n) is 3.30. The molecular weight excluding hydrogens is 368 g/mol. The number of hydrogen-bond acceptors (Lipinski definition) is 10. The number of hydrazine groups is 1. The van der Waals surface area contributed by atoms with Gasteiger partial charge >= 0.3 is 6.01 Å². The number of nitrogens with one attached hydrogen (secondary N) is 1. The highest BCUT2D eigenvalue weighted by Crippen LogP contribution is 2.24. The molecule has 148 valence electrons. The first kappa shape index (κ1) is 22.0. The molecule has 0 saturated heterocycles. The van der Waals surface area contributed by atoms with Crippen molar-refractivity contribution in [3.8, 4) is 17.8 Å². The van der Waals surface area contributed by atoms with E-state index in [9.17, 15) is 13.6 Å². The molecule has 12 heteroatoms. The Labute approximate surface area is 154 Å². The second-order valence-electron chi connectivity index (χ2n) is 5.57. The van der Waals surface area contributed by atoms with E-state index >= 15 is 0 Å². The van der Waals surface area contributed by atoms with Gasteiger partial charge in [0.15, 0.2) is 0 Å². The number of rotatable bonds is 10. The number of carbonyl (C=O) groups is 1. The maximum Gasteiger partial charge on any atom is 0.323 e. The summed E-state index contributed by atoms with van der Waals surface area (Å²) in [7, 11) is 7.24. The molecule has 3 atom stereocenters. The monoisotopic (exact) mass is 391 g/mol. The van der Waals surface area contributed by atoms with Crippen LogP contribution in [0.3, 0.4) is 0 Å². The fourth-order valence-electron chi connectivity index (χ4n) is 1.96. The van der Waals surface area contributed by atoms with Gasteiger partial charge in [-0.25, -0.2) is 5.01 Å². The third kappa shape index (κ3) is 6.05. The average Bonchev–Trinajstić information content (AvgIpc) is 2.57. The van der Waals surface area contributed by atoms with E-state index in [-0.39, 0.29) is 17.8 Å². The molecule has 0 aliphatic heterocycles. The van der Waals surface area contributed by atoms with Crippen LogP contribution in [0.25, 0.3) is 0 Å². The summed E-state index contributed by atoms with van der Waals surface area (Å²) >= 11 is -2.49. The van der Waals surface area contributed by atoms with Crippen molar-refractivity contribution in [2.75, 3.05) is 41.2 Å². The van der Waals surface area contributed by atoms with Crippen LogP contribution in [0.2, 0.25) is 0 Å². The van der Waals surface area contributed by atoms with E-state index in [1.54, 1.807) is 14.1 Å². The van der Waals surface area contributed by atoms with Crippen molar-refractivity contribution < 1.29 is 32.5 Å².